The van der Waals surface area contributed by atoms with Crippen molar-refractivity contribution in [2.45, 2.75) is 44.2 Å². The first-order chi connectivity index (χ1) is 8.73. The second-order valence-electron chi connectivity index (χ2n) is 5.30. The zero-order valence-electron chi connectivity index (χ0n) is 11.0. The molecule has 1 aliphatic rings. The van der Waals surface area contributed by atoms with Crippen molar-refractivity contribution in [3.63, 3.8) is 0 Å². The minimum atomic E-state index is -0.531. The van der Waals surface area contributed by atoms with Crippen LogP contribution in [0, 0.1) is 0 Å². The molecule has 0 saturated heterocycles. The van der Waals surface area contributed by atoms with Crippen molar-refractivity contribution >= 4 is 0 Å². The summed E-state index contributed by atoms with van der Waals surface area (Å²) < 4.78 is 0. The first-order valence-electron chi connectivity index (χ1n) is 6.79. The summed E-state index contributed by atoms with van der Waals surface area (Å²) in [5.74, 6) is 0. The number of aliphatic hydroxyl groups excluding tert-OH is 2. The van der Waals surface area contributed by atoms with Gasteiger partial charge in [-0.25, -0.2) is 0 Å². The lowest BCUT2D eigenvalue weighted by atomic mass is 9.86. The highest BCUT2D eigenvalue weighted by molar-refractivity contribution is 5.30. The van der Waals surface area contributed by atoms with E-state index in [2.05, 4.69) is 29.6 Å². The molecule has 0 bridgehead atoms. The predicted octanol–water partition coefficient (Wildman–Crippen LogP) is 1.27. The minimum Gasteiger partial charge on any atom is -0.394 e. The molecule has 1 aromatic carbocycles. The van der Waals surface area contributed by atoms with Crippen molar-refractivity contribution in [2.24, 2.45) is 0 Å². The van der Waals surface area contributed by atoms with E-state index in [1.54, 1.807) is 0 Å². The summed E-state index contributed by atoms with van der Waals surface area (Å²) in [5, 5.41) is 22.4. The Hall–Kier alpha value is -0.900. The molecule has 0 saturated carbocycles. The number of aryl methyl sites for hydroxylation is 1. The Labute approximate surface area is 109 Å². The van der Waals surface area contributed by atoms with Crippen molar-refractivity contribution in [2.75, 3.05) is 13.2 Å². The van der Waals surface area contributed by atoms with Crippen molar-refractivity contribution in [3.8, 4) is 0 Å². The fourth-order valence-corrected chi connectivity index (χ4v) is 2.72. The molecule has 3 heteroatoms. The van der Waals surface area contributed by atoms with Gasteiger partial charge in [0.25, 0.3) is 0 Å². The maximum Gasteiger partial charge on any atom is 0.0647 e. The van der Waals surface area contributed by atoms with Crippen LogP contribution in [0.1, 0.15) is 30.9 Å². The van der Waals surface area contributed by atoms with Crippen LogP contribution in [-0.2, 0) is 12.8 Å². The van der Waals surface area contributed by atoms with Crippen LogP contribution in [0.15, 0.2) is 24.3 Å². The van der Waals surface area contributed by atoms with Crippen LogP contribution in [0.25, 0.3) is 0 Å². The molecular formula is C15H23NO2. The lowest BCUT2D eigenvalue weighted by Crippen LogP contribution is -2.56. The van der Waals surface area contributed by atoms with E-state index in [4.69, 9.17) is 0 Å². The summed E-state index contributed by atoms with van der Waals surface area (Å²) in [6.45, 7) is 1.96. The molecule has 0 heterocycles. The van der Waals surface area contributed by atoms with Gasteiger partial charge in [0, 0.05) is 6.04 Å². The maximum absolute atomic E-state index is 9.48. The van der Waals surface area contributed by atoms with Crippen LogP contribution in [0.3, 0.4) is 0 Å². The molecule has 18 heavy (non-hydrogen) atoms. The molecule has 0 spiro atoms. The Bertz CT molecular complexity index is 380. The van der Waals surface area contributed by atoms with E-state index in [-0.39, 0.29) is 13.2 Å². The van der Waals surface area contributed by atoms with Gasteiger partial charge >= 0.3 is 0 Å². The fourth-order valence-electron chi connectivity index (χ4n) is 2.72. The first-order valence-corrected chi connectivity index (χ1v) is 6.79. The summed E-state index contributed by atoms with van der Waals surface area (Å²) >= 11 is 0. The standard InChI is InChI=1S/C15H23NO2/c1-2-15(10-17,11-18)16-14-8-7-12-5-3-4-6-13(12)9-14/h3-6,14,16-18H,2,7-11H2,1H3. The molecule has 0 aromatic heterocycles. The molecule has 1 unspecified atom stereocenters. The van der Waals surface area contributed by atoms with E-state index in [0.717, 1.165) is 25.7 Å². The molecule has 100 valence electrons. The Morgan fingerprint density at radius 3 is 2.50 bits per heavy atom. The van der Waals surface area contributed by atoms with Crippen molar-refractivity contribution in [1.29, 1.82) is 0 Å². The lowest BCUT2D eigenvalue weighted by molar-refractivity contribution is 0.0756. The molecule has 3 N–H and O–H groups in total. The number of rotatable bonds is 5. The van der Waals surface area contributed by atoms with E-state index >= 15 is 0 Å². The van der Waals surface area contributed by atoms with E-state index in [1.807, 2.05) is 6.92 Å². The zero-order valence-corrected chi connectivity index (χ0v) is 11.0. The van der Waals surface area contributed by atoms with E-state index in [9.17, 15) is 10.2 Å². The van der Waals surface area contributed by atoms with Crippen molar-refractivity contribution in [1.82, 2.24) is 5.32 Å². The van der Waals surface area contributed by atoms with Crippen molar-refractivity contribution < 1.29 is 10.2 Å². The Kier molecular flexibility index (Phi) is 4.38. The number of aliphatic hydroxyl groups is 2. The molecule has 1 aliphatic carbocycles. The first kappa shape index (κ1) is 13.5. The molecule has 1 atom stereocenters. The zero-order chi connectivity index (χ0) is 13.0. The van der Waals surface area contributed by atoms with Gasteiger partial charge in [0.05, 0.1) is 18.8 Å². The number of benzene rings is 1. The van der Waals surface area contributed by atoms with Gasteiger partial charge in [-0.1, -0.05) is 31.2 Å². The van der Waals surface area contributed by atoms with Gasteiger partial charge in [0.2, 0.25) is 0 Å². The Morgan fingerprint density at radius 2 is 1.89 bits per heavy atom. The highest BCUT2D eigenvalue weighted by Gasteiger charge is 2.30. The van der Waals surface area contributed by atoms with Gasteiger partial charge in [0.1, 0.15) is 0 Å². The van der Waals surface area contributed by atoms with Crippen LogP contribution < -0.4 is 5.32 Å². The fraction of sp³-hybridized carbons (Fsp3) is 0.600. The maximum atomic E-state index is 9.48. The van der Waals surface area contributed by atoms with Gasteiger partial charge in [-0.2, -0.15) is 0 Å². The normalized spacial score (nSPS) is 19.6. The molecular weight excluding hydrogens is 226 g/mol. The van der Waals surface area contributed by atoms with Crippen LogP contribution in [0.5, 0.6) is 0 Å². The predicted molar refractivity (Wildman–Crippen MR) is 72.6 cm³/mol. The Balaban J connectivity index is 2.05. The van der Waals surface area contributed by atoms with Crippen LogP contribution in [0.4, 0.5) is 0 Å². The SMILES string of the molecule is CCC(CO)(CO)NC1CCc2ccccc2C1. The molecule has 2 rings (SSSR count). The highest BCUT2D eigenvalue weighted by atomic mass is 16.3. The molecule has 0 radical (unpaired) electrons. The molecule has 0 fully saturated rings. The van der Waals surface area contributed by atoms with Gasteiger partial charge in [-0.3, -0.25) is 0 Å². The number of hydrogen-bond acceptors (Lipinski definition) is 3. The summed E-state index contributed by atoms with van der Waals surface area (Å²) in [7, 11) is 0. The topological polar surface area (TPSA) is 52.5 Å². The van der Waals surface area contributed by atoms with Crippen LogP contribution in [0.2, 0.25) is 0 Å². The molecule has 1 aromatic rings. The summed E-state index contributed by atoms with van der Waals surface area (Å²) in [5.41, 5.74) is 2.30. The third-order valence-corrected chi connectivity index (χ3v) is 4.14. The number of fused-ring (bicyclic) bond motifs is 1. The van der Waals surface area contributed by atoms with Crippen LogP contribution in [-0.4, -0.2) is 35.0 Å². The number of nitrogens with one attached hydrogen (secondary N) is 1. The van der Waals surface area contributed by atoms with Gasteiger partial charge in [0.15, 0.2) is 0 Å². The largest absolute Gasteiger partial charge is 0.394 e. The van der Waals surface area contributed by atoms with Crippen molar-refractivity contribution in [3.05, 3.63) is 35.4 Å². The lowest BCUT2D eigenvalue weighted by Gasteiger charge is -2.36. The third-order valence-electron chi connectivity index (χ3n) is 4.14. The number of hydrogen-bond donors (Lipinski definition) is 3. The van der Waals surface area contributed by atoms with E-state index in [0.29, 0.717) is 6.04 Å². The Morgan fingerprint density at radius 1 is 1.22 bits per heavy atom. The molecule has 3 nitrogen and oxygen atoms in total. The highest BCUT2D eigenvalue weighted by Crippen LogP contribution is 2.23. The molecule has 0 aliphatic heterocycles. The summed E-state index contributed by atoms with van der Waals surface area (Å²) in [6, 6.07) is 8.88. The van der Waals surface area contributed by atoms with Gasteiger partial charge in [-0.15, -0.1) is 0 Å². The average Bonchev–Trinajstić information content (AvgIpc) is 2.45. The van der Waals surface area contributed by atoms with Gasteiger partial charge in [-0.05, 0) is 36.8 Å². The average molecular weight is 249 g/mol. The smallest absolute Gasteiger partial charge is 0.0647 e. The molecule has 0 amide bonds. The third kappa shape index (κ3) is 2.74. The second kappa shape index (κ2) is 5.83. The monoisotopic (exact) mass is 249 g/mol. The second-order valence-corrected chi connectivity index (χ2v) is 5.30. The summed E-state index contributed by atoms with van der Waals surface area (Å²) in [4.78, 5) is 0. The van der Waals surface area contributed by atoms with E-state index < -0.39 is 5.54 Å². The minimum absolute atomic E-state index is 0.0157. The quantitative estimate of drug-likeness (QED) is 0.736. The van der Waals surface area contributed by atoms with Gasteiger partial charge < -0.3 is 15.5 Å². The van der Waals surface area contributed by atoms with E-state index in [1.165, 1.54) is 11.1 Å². The summed E-state index contributed by atoms with van der Waals surface area (Å²) in [6.07, 6.45) is 3.86. The van der Waals surface area contributed by atoms with Crippen LogP contribution >= 0.6 is 0 Å².